The Bertz CT molecular complexity index is 829. The molecule has 0 radical (unpaired) electrons. The number of aliphatic hydroxyl groups is 1. The van der Waals surface area contributed by atoms with Crippen LogP contribution in [-0.2, 0) is 4.74 Å². The maximum atomic E-state index is 13.6. The Morgan fingerprint density at radius 1 is 1.11 bits per heavy atom. The van der Waals surface area contributed by atoms with Gasteiger partial charge in [0, 0.05) is 7.05 Å². The molecule has 0 saturated carbocycles. The third-order valence-corrected chi connectivity index (χ3v) is 3.72. The number of amides is 1. The zero-order valence-electron chi connectivity index (χ0n) is 16.3. The lowest BCUT2D eigenvalue weighted by molar-refractivity contribution is 0.0205. The van der Waals surface area contributed by atoms with Crippen molar-refractivity contribution in [3.8, 4) is 5.75 Å². The first kappa shape index (κ1) is 21.4. The molecule has 0 aliphatic carbocycles. The molecule has 0 heterocycles. The summed E-state index contributed by atoms with van der Waals surface area (Å²) in [6, 6.07) is 11.7. The Kier molecular flexibility index (Phi) is 6.75. The van der Waals surface area contributed by atoms with Crippen LogP contribution in [-0.4, -0.2) is 41.3 Å². The predicted octanol–water partition coefficient (Wildman–Crippen LogP) is 3.95. The van der Waals surface area contributed by atoms with Crippen molar-refractivity contribution >= 4 is 12.1 Å². The number of nitrogens with zero attached hydrogens (tertiary/aromatic N) is 1. The van der Waals surface area contributed by atoms with Gasteiger partial charge in [0.25, 0.3) is 0 Å². The third kappa shape index (κ3) is 6.06. The number of likely N-dealkylation sites (N-methyl/N-ethyl adjacent to an activating group) is 1. The van der Waals surface area contributed by atoms with E-state index in [0.717, 1.165) is 0 Å². The molecule has 0 saturated heterocycles. The van der Waals surface area contributed by atoms with Crippen molar-refractivity contribution in [3.05, 3.63) is 65.5 Å². The fraction of sp³-hybridized carbons (Fsp3) is 0.333. The van der Waals surface area contributed by atoms with E-state index in [0.29, 0.717) is 5.56 Å². The average Bonchev–Trinajstić information content (AvgIpc) is 2.61. The van der Waals surface area contributed by atoms with Crippen LogP contribution >= 0.6 is 0 Å². The quantitative estimate of drug-likeness (QED) is 0.619. The molecule has 2 aromatic rings. The SMILES string of the molecule is CN(CC(O)c1ccc(OC(=O)c2ccccc2F)cc1)C(=O)OC(C)(C)C. The number of carbonyl (C=O) groups excluding carboxylic acids is 2. The highest BCUT2D eigenvalue weighted by molar-refractivity contribution is 5.91. The van der Waals surface area contributed by atoms with E-state index in [1.165, 1.54) is 42.3 Å². The van der Waals surface area contributed by atoms with Gasteiger partial charge >= 0.3 is 12.1 Å². The predicted molar refractivity (Wildman–Crippen MR) is 102 cm³/mol. The average molecular weight is 389 g/mol. The van der Waals surface area contributed by atoms with Gasteiger partial charge in [-0.3, -0.25) is 0 Å². The van der Waals surface area contributed by atoms with Gasteiger partial charge in [-0.05, 0) is 50.6 Å². The first-order valence-corrected chi connectivity index (χ1v) is 8.75. The molecule has 2 aromatic carbocycles. The number of hydrogen-bond donors (Lipinski definition) is 1. The molecule has 7 heteroatoms. The zero-order chi connectivity index (χ0) is 20.9. The molecule has 1 amide bonds. The van der Waals surface area contributed by atoms with Crippen LogP contribution in [0.1, 0.15) is 42.8 Å². The normalized spacial score (nSPS) is 12.2. The second-order valence-corrected chi connectivity index (χ2v) is 7.32. The highest BCUT2D eigenvalue weighted by Gasteiger charge is 2.22. The van der Waals surface area contributed by atoms with E-state index >= 15 is 0 Å². The minimum Gasteiger partial charge on any atom is -0.444 e. The number of aliphatic hydroxyl groups excluding tert-OH is 1. The number of ether oxygens (including phenoxy) is 2. The van der Waals surface area contributed by atoms with E-state index in [-0.39, 0.29) is 17.9 Å². The standard InChI is InChI=1S/C21H24FNO5/c1-21(2,3)28-20(26)23(4)13-18(24)14-9-11-15(12-10-14)27-19(25)16-7-5-6-8-17(16)22/h5-12,18,24H,13H2,1-4H3. The number of halogens is 1. The summed E-state index contributed by atoms with van der Waals surface area (Å²) in [7, 11) is 1.53. The van der Waals surface area contributed by atoms with Crippen LogP contribution in [0.2, 0.25) is 0 Å². The molecule has 1 atom stereocenters. The maximum Gasteiger partial charge on any atom is 0.410 e. The van der Waals surface area contributed by atoms with Crippen molar-refractivity contribution in [2.45, 2.75) is 32.5 Å². The molecule has 1 N–H and O–H groups in total. The van der Waals surface area contributed by atoms with Gasteiger partial charge in [0.05, 0.1) is 18.2 Å². The van der Waals surface area contributed by atoms with Crippen molar-refractivity contribution in [2.24, 2.45) is 0 Å². The van der Waals surface area contributed by atoms with Crippen LogP contribution in [0, 0.1) is 5.82 Å². The van der Waals surface area contributed by atoms with Crippen LogP contribution in [0.15, 0.2) is 48.5 Å². The lowest BCUT2D eigenvalue weighted by atomic mass is 10.1. The van der Waals surface area contributed by atoms with Crippen molar-refractivity contribution in [3.63, 3.8) is 0 Å². The van der Waals surface area contributed by atoms with Crippen LogP contribution < -0.4 is 4.74 Å². The van der Waals surface area contributed by atoms with Crippen molar-refractivity contribution in [1.29, 1.82) is 0 Å². The van der Waals surface area contributed by atoms with Gasteiger partial charge in [-0.1, -0.05) is 24.3 Å². The van der Waals surface area contributed by atoms with E-state index in [1.807, 2.05) is 0 Å². The summed E-state index contributed by atoms with van der Waals surface area (Å²) in [6.07, 6.45) is -1.49. The summed E-state index contributed by atoms with van der Waals surface area (Å²) in [5.74, 6) is -1.26. The van der Waals surface area contributed by atoms with Crippen molar-refractivity contribution in [1.82, 2.24) is 4.90 Å². The lowest BCUT2D eigenvalue weighted by Gasteiger charge is -2.26. The first-order valence-electron chi connectivity index (χ1n) is 8.75. The van der Waals surface area contributed by atoms with Gasteiger partial charge in [-0.2, -0.15) is 0 Å². The molecule has 0 aliphatic heterocycles. The molecule has 0 aromatic heterocycles. The summed E-state index contributed by atoms with van der Waals surface area (Å²) >= 11 is 0. The Morgan fingerprint density at radius 3 is 2.29 bits per heavy atom. The van der Waals surface area contributed by atoms with E-state index in [9.17, 15) is 19.1 Å². The monoisotopic (exact) mass is 389 g/mol. The largest absolute Gasteiger partial charge is 0.444 e. The summed E-state index contributed by atoms with van der Waals surface area (Å²) < 4.78 is 24.0. The van der Waals surface area contributed by atoms with E-state index in [4.69, 9.17) is 9.47 Å². The molecular formula is C21H24FNO5. The maximum absolute atomic E-state index is 13.6. The second-order valence-electron chi connectivity index (χ2n) is 7.32. The van der Waals surface area contributed by atoms with Gasteiger partial charge < -0.3 is 19.5 Å². The molecule has 2 rings (SSSR count). The summed E-state index contributed by atoms with van der Waals surface area (Å²) in [4.78, 5) is 25.3. The van der Waals surface area contributed by atoms with Crippen molar-refractivity contribution < 1.29 is 28.6 Å². The van der Waals surface area contributed by atoms with Crippen LogP contribution in [0.4, 0.5) is 9.18 Å². The Hall–Kier alpha value is -2.93. The van der Waals surface area contributed by atoms with Crippen LogP contribution in [0.3, 0.4) is 0 Å². The Morgan fingerprint density at radius 2 is 1.71 bits per heavy atom. The number of hydrogen-bond acceptors (Lipinski definition) is 5. The molecule has 1 unspecified atom stereocenters. The zero-order valence-corrected chi connectivity index (χ0v) is 16.3. The molecule has 0 bridgehead atoms. The van der Waals surface area contributed by atoms with Gasteiger partial charge in [-0.25, -0.2) is 14.0 Å². The second kappa shape index (κ2) is 8.84. The Balaban J connectivity index is 1.97. The first-order chi connectivity index (χ1) is 13.1. The molecule has 0 spiro atoms. The number of benzene rings is 2. The topological polar surface area (TPSA) is 76.1 Å². The minimum absolute atomic E-state index is 0.0310. The number of esters is 1. The van der Waals surface area contributed by atoms with Gasteiger partial charge in [0.15, 0.2) is 0 Å². The molecular weight excluding hydrogens is 365 g/mol. The fourth-order valence-corrected chi connectivity index (χ4v) is 2.33. The highest BCUT2D eigenvalue weighted by Crippen LogP contribution is 2.20. The van der Waals surface area contributed by atoms with Gasteiger partial charge in [0.2, 0.25) is 0 Å². The smallest absolute Gasteiger partial charge is 0.410 e. The van der Waals surface area contributed by atoms with E-state index < -0.39 is 29.6 Å². The molecule has 28 heavy (non-hydrogen) atoms. The molecule has 6 nitrogen and oxygen atoms in total. The molecule has 0 aliphatic rings. The highest BCUT2D eigenvalue weighted by atomic mass is 19.1. The van der Waals surface area contributed by atoms with E-state index in [1.54, 1.807) is 39.0 Å². The van der Waals surface area contributed by atoms with Crippen LogP contribution in [0.25, 0.3) is 0 Å². The Labute approximate surface area is 163 Å². The lowest BCUT2D eigenvalue weighted by Crippen LogP contribution is -2.36. The summed E-state index contributed by atoms with van der Waals surface area (Å²) in [5, 5.41) is 10.3. The summed E-state index contributed by atoms with van der Waals surface area (Å²) in [6.45, 7) is 5.31. The summed E-state index contributed by atoms with van der Waals surface area (Å²) in [5.41, 5.74) is -0.258. The van der Waals surface area contributed by atoms with Crippen molar-refractivity contribution in [2.75, 3.05) is 13.6 Å². The van der Waals surface area contributed by atoms with Crippen LogP contribution in [0.5, 0.6) is 5.75 Å². The van der Waals surface area contributed by atoms with Gasteiger partial charge in [-0.15, -0.1) is 0 Å². The fourth-order valence-electron chi connectivity index (χ4n) is 2.33. The molecule has 150 valence electrons. The van der Waals surface area contributed by atoms with E-state index in [2.05, 4.69) is 0 Å². The number of carbonyl (C=O) groups is 2. The van der Waals surface area contributed by atoms with Gasteiger partial charge in [0.1, 0.15) is 17.2 Å². The minimum atomic E-state index is -0.950. The molecule has 0 fully saturated rings. The number of rotatable bonds is 5. The third-order valence-electron chi connectivity index (χ3n) is 3.72.